The van der Waals surface area contributed by atoms with Crippen molar-refractivity contribution >= 4 is 23.0 Å². The average Bonchev–Trinajstić information content (AvgIpc) is 3.18. The van der Waals surface area contributed by atoms with Crippen molar-refractivity contribution in [1.82, 2.24) is 9.80 Å². The van der Waals surface area contributed by atoms with E-state index in [0.717, 1.165) is 74.6 Å². The standard InChI is InChI=1S/C24H35N3O2S/c1-3-4-6-21-8-10-22(11-9-21)25-24(30)27(19-23-12-7-20(2)29-23)14-5-13-26-15-17-28-18-16-26/h7-12H,3-6,13-19H2,1-2H3,(H,25,30). The highest BCUT2D eigenvalue weighted by Gasteiger charge is 2.15. The maximum absolute atomic E-state index is 5.81. The predicted octanol–water partition coefficient (Wildman–Crippen LogP) is 4.85. The number of nitrogens with one attached hydrogen (secondary N) is 1. The van der Waals surface area contributed by atoms with E-state index in [1.807, 2.05) is 19.1 Å². The van der Waals surface area contributed by atoms with Gasteiger partial charge in [-0.2, -0.15) is 0 Å². The minimum Gasteiger partial charge on any atom is -0.464 e. The topological polar surface area (TPSA) is 40.9 Å². The Morgan fingerprint density at radius 3 is 2.53 bits per heavy atom. The van der Waals surface area contributed by atoms with Crippen molar-refractivity contribution in [2.45, 2.75) is 46.1 Å². The average molecular weight is 430 g/mol. The number of nitrogens with zero attached hydrogens (tertiary/aromatic N) is 2. The summed E-state index contributed by atoms with van der Waals surface area (Å²) < 4.78 is 11.3. The Morgan fingerprint density at radius 1 is 1.10 bits per heavy atom. The zero-order valence-corrected chi connectivity index (χ0v) is 19.2. The highest BCUT2D eigenvalue weighted by Crippen LogP contribution is 2.15. The molecule has 0 bridgehead atoms. The highest BCUT2D eigenvalue weighted by atomic mass is 32.1. The van der Waals surface area contributed by atoms with Crippen molar-refractivity contribution in [3.05, 3.63) is 53.5 Å². The molecule has 1 N–H and O–H groups in total. The second-order valence-corrected chi connectivity index (χ2v) is 8.36. The van der Waals surface area contributed by atoms with Gasteiger partial charge in [-0.3, -0.25) is 4.90 Å². The molecule has 6 heteroatoms. The SMILES string of the molecule is CCCCc1ccc(NC(=S)N(CCCN2CCOCC2)Cc2ccc(C)o2)cc1. The summed E-state index contributed by atoms with van der Waals surface area (Å²) in [5.41, 5.74) is 2.41. The van der Waals surface area contributed by atoms with Gasteiger partial charge >= 0.3 is 0 Å². The molecular weight excluding hydrogens is 394 g/mol. The smallest absolute Gasteiger partial charge is 0.173 e. The lowest BCUT2D eigenvalue weighted by atomic mass is 10.1. The maximum atomic E-state index is 5.81. The minimum absolute atomic E-state index is 0.678. The van der Waals surface area contributed by atoms with Crippen LogP contribution in [-0.4, -0.2) is 54.3 Å². The third-order valence-corrected chi connectivity index (χ3v) is 5.82. The Balaban J connectivity index is 1.57. The molecule has 0 aliphatic carbocycles. The van der Waals surface area contributed by atoms with Crippen LogP contribution >= 0.6 is 12.2 Å². The summed E-state index contributed by atoms with van der Waals surface area (Å²) in [6.07, 6.45) is 4.63. The lowest BCUT2D eigenvalue weighted by Crippen LogP contribution is -2.39. The quantitative estimate of drug-likeness (QED) is 0.545. The second kappa shape index (κ2) is 12.1. The molecule has 30 heavy (non-hydrogen) atoms. The first-order valence-electron chi connectivity index (χ1n) is 11.1. The Kier molecular flexibility index (Phi) is 9.18. The van der Waals surface area contributed by atoms with Crippen molar-refractivity contribution in [3.63, 3.8) is 0 Å². The van der Waals surface area contributed by atoms with Gasteiger partial charge in [0, 0.05) is 31.9 Å². The third kappa shape index (κ3) is 7.42. The molecule has 1 aromatic carbocycles. The van der Waals surface area contributed by atoms with Crippen molar-refractivity contribution in [2.24, 2.45) is 0 Å². The van der Waals surface area contributed by atoms with Crippen LogP contribution in [0, 0.1) is 6.92 Å². The summed E-state index contributed by atoms with van der Waals surface area (Å²) in [6, 6.07) is 12.7. The van der Waals surface area contributed by atoms with Gasteiger partial charge in [0.25, 0.3) is 0 Å². The monoisotopic (exact) mass is 429 g/mol. The van der Waals surface area contributed by atoms with Crippen LogP contribution in [0.5, 0.6) is 0 Å². The molecule has 0 spiro atoms. The van der Waals surface area contributed by atoms with Crippen LogP contribution in [0.1, 0.15) is 43.3 Å². The number of furan rings is 1. The molecule has 1 aliphatic rings. The molecule has 5 nitrogen and oxygen atoms in total. The predicted molar refractivity (Wildman–Crippen MR) is 127 cm³/mol. The summed E-state index contributed by atoms with van der Waals surface area (Å²) in [7, 11) is 0. The maximum Gasteiger partial charge on any atom is 0.173 e. The lowest BCUT2D eigenvalue weighted by molar-refractivity contribution is 0.0367. The van der Waals surface area contributed by atoms with E-state index in [9.17, 15) is 0 Å². The summed E-state index contributed by atoms with van der Waals surface area (Å²) in [5, 5.41) is 4.17. The van der Waals surface area contributed by atoms with Crippen molar-refractivity contribution in [2.75, 3.05) is 44.7 Å². The van der Waals surface area contributed by atoms with Crippen LogP contribution in [0.2, 0.25) is 0 Å². The van der Waals surface area contributed by atoms with Crippen molar-refractivity contribution in [3.8, 4) is 0 Å². The van der Waals surface area contributed by atoms with Crippen LogP contribution in [0.3, 0.4) is 0 Å². The Bertz CT molecular complexity index is 769. The van der Waals surface area contributed by atoms with Gasteiger partial charge in [0.15, 0.2) is 5.11 Å². The molecule has 1 aromatic heterocycles. The number of ether oxygens (including phenoxy) is 1. The van der Waals surface area contributed by atoms with Crippen LogP contribution in [0.15, 0.2) is 40.8 Å². The Labute approximate surface area is 186 Å². The fourth-order valence-corrected chi connectivity index (χ4v) is 3.93. The fraction of sp³-hybridized carbons (Fsp3) is 0.542. The first kappa shape index (κ1) is 22.8. The van der Waals surface area contributed by atoms with Gasteiger partial charge in [-0.15, -0.1) is 0 Å². The zero-order valence-electron chi connectivity index (χ0n) is 18.4. The summed E-state index contributed by atoms with van der Waals surface area (Å²) >= 11 is 5.78. The zero-order chi connectivity index (χ0) is 21.2. The number of hydrogen-bond acceptors (Lipinski definition) is 4. The largest absolute Gasteiger partial charge is 0.464 e. The van der Waals surface area contributed by atoms with Crippen molar-refractivity contribution < 1.29 is 9.15 Å². The number of benzene rings is 1. The molecule has 1 aliphatic heterocycles. The van der Waals surface area contributed by atoms with E-state index in [1.54, 1.807) is 0 Å². The van der Waals surface area contributed by atoms with E-state index in [4.69, 9.17) is 21.4 Å². The summed E-state index contributed by atoms with van der Waals surface area (Å²) in [4.78, 5) is 4.67. The molecule has 0 atom stereocenters. The van der Waals surface area contributed by atoms with Gasteiger partial charge in [0.2, 0.25) is 0 Å². The molecule has 2 heterocycles. The number of morpholine rings is 1. The van der Waals surface area contributed by atoms with Crippen LogP contribution in [0.4, 0.5) is 5.69 Å². The van der Waals surface area contributed by atoms with Crippen molar-refractivity contribution in [1.29, 1.82) is 0 Å². The first-order valence-corrected chi connectivity index (χ1v) is 11.5. The molecule has 164 valence electrons. The number of rotatable bonds is 10. The molecule has 0 amide bonds. The van der Waals surface area contributed by atoms with Crippen LogP contribution in [-0.2, 0) is 17.7 Å². The van der Waals surface area contributed by atoms with E-state index in [1.165, 1.54) is 18.4 Å². The summed E-state index contributed by atoms with van der Waals surface area (Å²) in [5.74, 6) is 1.87. The molecule has 1 fully saturated rings. The minimum atomic E-state index is 0.678. The number of anilines is 1. The Hall–Kier alpha value is -1.89. The fourth-order valence-electron chi connectivity index (χ4n) is 3.66. The van der Waals surface area contributed by atoms with E-state index in [-0.39, 0.29) is 0 Å². The number of hydrogen-bond donors (Lipinski definition) is 1. The van der Waals surface area contributed by atoms with Gasteiger partial charge in [-0.1, -0.05) is 25.5 Å². The summed E-state index contributed by atoms with van der Waals surface area (Å²) in [6.45, 7) is 10.5. The normalized spacial score (nSPS) is 14.6. The van der Waals surface area contributed by atoms with Gasteiger partial charge in [0.05, 0.1) is 19.8 Å². The molecule has 2 aromatic rings. The van der Waals surface area contributed by atoms with E-state index in [0.29, 0.717) is 6.54 Å². The Morgan fingerprint density at radius 2 is 1.87 bits per heavy atom. The molecule has 1 saturated heterocycles. The van der Waals surface area contributed by atoms with Crippen LogP contribution < -0.4 is 5.32 Å². The number of thiocarbonyl (C=S) groups is 1. The number of aryl methyl sites for hydroxylation is 2. The molecule has 0 radical (unpaired) electrons. The molecule has 3 rings (SSSR count). The van der Waals surface area contributed by atoms with Crippen LogP contribution in [0.25, 0.3) is 0 Å². The van der Waals surface area contributed by atoms with Gasteiger partial charge in [-0.25, -0.2) is 0 Å². The van der Waals surface area contributed by atoms with Gasteiger partial charge < -0.3 is 19.4 Å². The molecule has 0 unspecified atom stereocenters. The first-order chi connectivity index (χ1) is 14.6. The third-order valence-electron chi connectivity index (χ3n) is 5.46. The van der Waals surface area contributed by atoms with Gasteiger partial charge in [0.1, 0.15) is 11.5 Å². The molecular formula is C24H35N3O2S. The van der Waals surface area contributed by atoms with E-state index >= 15 is 0 Å². The molecule has 0 saturated carbocycles. The number of unbranched alkanes of at least 4 members (excludes halogenated alkanes) is 1. The van der Waals surface area contributed by atoms with E-state index < -0.39 is 0 Å². The highest BCUT2D eigenvalue weighted by molar-refractivity contribution is 7.80. The van der Waals surface area contributed by atoms with Gasteiger partial charge in [-0.05, 0) is 68.2 Å². The lowest BCUT2D eigenvalue weighted by Gasteiger charge is -2.29. The van der Waals surface area contributed by atoms with E-state index in [2.05, 4.69) is 46.3 Å². The second-order valence-electron chi connectivity index (χ2n) is 7.97.